The Bertz CT molecular complexity index is 2520. The predicted molar refractivity (Wildman–Crippen MR) is 214 cm³/mol. The molecule has 266 valence electrons. The minimum Gasteiger partial charge on any atom is -0.462 e. The van der Waals surface area contributed by atoms with E-state index >= 15 is 0 Å². The summed E-state index contributed by atoms with van der Waals surface area (Å²) in [5.74, 6) is 0.0188. The molecule has 0 aliphatic rings. The number of hydrogen-bond acceptors (Lipinski definition) is 7. The van der Waals surface area contributed by atoms with Crippen molar-refractivity contribution in [1.82, 2.24) is 24.8 Å². The number of benzene rings is 5. The Labute approximate surface area is 317 Å². The second-order valence-corrected chi connectivity index (χ2v) is 14.1. The van der Waals surface area contributed by atoms with Gasteiger partial charge in [-0.15, -0.1) is 16.4 Å². The maximum atomic E-state index is 13.3. The molecule has 0 unspecified atom stereocenters. The number of pyridine rings is 1. The minimum atomic E-state index is -0.885. The molecule has 0 saturated carbocycles. The highest BCUT2D eigenvalue weighted by Gasteiger charge is 2.42. The molecule has 0 radical (unpaired) electrons. The molecule has 0 N–H and O–H groups in total. The molecule has 54 heavy (non-hydrogen) atoms. The molecule has 0 spiro atoms. The fourth-order valence-electron chi connectivity index (χ4n) is 7.27. The summed E-state index contributed by atoms with van der Waals surface area (Å²) in [6.45, 7) is 4.47. The van der Waals surface area contributed by atoms with Crippen molar-refractivity contribution in [2.75, 3.05) is 6.61 Å². The number of carbonyl (C=O) groups is 1. The van der Waals surface area contributed by atoms with Crippen LogP contribution in [-0.4, -0.2) is 37.4 Å². The molecule has 3 aromatic heterocycles. The van der Waals surface area contributed by atoms with E-state index in [9.17, 15) is 9.59 Å². The van der Waals surface area contributed by atoms with Crippen LogP contribution in [0.15, 0.2) is 157 Å². The van der Waals surface area contributed by atoms with Crippen molar-refractivity contribution in [3.05, 3.63) is 195 Å². The van der Waals surface area contributed by atoms with Gasteiger partial charge in [0.25, 0.3) is 0 Å². The summed E-state index contributed by atoms with van der Waals surface area (Å²) in [7, 11) is 0. The Morgan fingerprint density at radius 2 is 1.31 bits per heavy atom. The zero-order valence-electron chi connectivity index (χ0n) is 29.9. The first-order valence-corrected chi connectivity index (χ1v) is 18.8. The number of rotatable bonds is 11. The van der Waals surface area contributed by atoms with Crippen molar-refractivity contribution in [3.8, 4) is 22.5 Å². The molecular formula is C45H37N5O3S. The first kappa shape index (κ1) is 34.6. The van der Waals surface area contributed by atoms with Gasteiger partial charge in [0.2, 0.25) is 5.43 Å². The number of thiophene rings is 1. The van der Waals surface area contributed by atoms with Crippen LogP contribution in [0.25, 0.3) is 32.7 Å². The summed E-state index contributed by atoms with van der Waals surface area (Å²) < 4.78 is 9.18. The zero-order valence-corrected chi connectivity index (χ0v) is 30.7. The number of carbonyl (C=O) groups excluding carboxylic acids is 1. The van der Waals surface area contributed by atoms with Gasteiger partial charge in [0.1, 0.15) is 15.9 Å². The van der Waals surface area contributed by atoms with Gasteiger partial charge in [0.05, 0.1) is 12.0 Å². The first-order valence-electron chi connectivity index (χ1n) is 18.0. The molecule has 0 bridgehead atoms. The second kappa shape index (κ2) is 14.9. The highest BCUT2D eigenvalue weighted by Crippen LogP contribution is 2.43. The summed E-state index contributed by atoms with van der Waals surface area (Å²) >= 11 is 1.58. The van der Waals surface area contributed by atoms with Crippen molar-refractivity contribution in [2.45, 2.75) is 32.4 Å². The number of aromatic nitrogens is 5. The molecule has 0 amide bonds. The SMILES string of the molecule is CCOC(=O)c1cn(Cc2ccc(-c3ccccc3-c3nnnn3C(c3ccccc3)(c3ccccc3)c3ccccc3)cc2)c2sc(CC)cc2c1=O. The van der Waals surface area contributed by atoms with Crippen LogP contribution in [0.2, 0.25) is 0 Å². The average Bonchev–Trinajstić information content (AvgIpc) is 3.90. The molecule has 0 aliphatic carbocycles. The van der Waals surface area contributed by atoms with E-state index in [0.29, 0.717) is 17.8 Å². The molecular weight excluding hydrogens is 691 g/mol. The highest BCUT2D eigenvalue weighted by molar-refractivity contribution is 7.18. The van der Waals surface area contributed by atoms with Crippen molar-refractivity contribution in [2.24, 2.45) is 0 Å². The molecule has 0 atom stereocenters. The second-order valence-electron chi connectivity index (χ2n) is 13.0. The lowest BCUT2D eigenvalue weighted by atomic mass is 9.77. The highest BCUT2D eigenvalue weighted by atomic mass is 32.1. The van der Waals surface area contributed by atoms with Gasteiger partial charge >= 0.3 is 5.97 Å². The summed E-state index contributed by atoms with van der Waals surface area (Å²) in [5, 5.41) is 14.3. The van der Waals surface area contributed by atoms with Gasteiger partial charge in [0.15, 0.2) is 5.82 Å². The first-order chi connectivity index (χ1) is 26.5. The van der Waals surface area contributed by atoms with Crippen molar-refractivity contribution in [1.29, 1.82) is 0 Å². The van der Waals surface area contributed by atoms with Crippen LogP contribution in [0.4, 0.5) is 0 Å². The molecule has 3 heterocycles. The van der Waals surface area contributed by atoms with E-state index in [0.717, 1.165) is 55.1 Å². The molecule has 8 aromatic rings. The number of nitrogens with zero attached hydrogens (tertiary/aromatic N) is 5. The maximum absolute atomic E-state index is 13.3. The Balaban J connectivity index is 1.22. The van der Waals surface area contributed by atoms with Crippen LogP contribution < -0.4 is 5.43 Å². The molecule has 9 heteroatoms. The quantitative estimate of drug-likeness (QED) is 0.0976. The van der Waals surface area contributed by atoms with Crippen LogP contribution in [0, 0.1) is 0 Å². The zero-order chi connectivity index (χ0) is 37.1. The largest absolute Gasteiger partial charge is 0.462 e. The third-order valence-electron chi connectivity index (χ3n) is 9.79. The molecule has 0 fully saturated rings. The van der Waals surface area contributed by atoms with E-state index in [4.69, 9.17) is 15.0 Å². The summed E-state index contributed by atoms with van der Waals surface area (Å²) in [4.78, 5) is 28.0. The fourth-order valence-corrected chi connectivity index (χ4v) is 8.34. The topological polar surface area (TPSA) is 91.9 Å². The standard InChI is InChI=1S/C45H37N5O3S/c1-3-36-28-39-41(51)40(44(52)53-4-2)30-49(43(39)54-36)29-31-24-26-32(27-25-31)37-22-14-15-23-38(37)42-46-47-48-50(42)45(33-16-8-5-9-17-33,34-18-10-6-11-19-34)35-20-12-7-13-21-35/h5-28,30H,3-4,29H2,1-2H3. The van der Waals surface area contributed by atoms with Gasteiger partial charge in [-0.1, -0.05) is 146 Å². The maximum Gasteiger partial charge on any atom is 0.343 e. The lowest BCUT2D eigenvalue weighted by Crippen LogP contribution is -2.39. The molecule has 8 nitrogen and oxygen atoms in total. The summed E-state index contributed by atoms with van der Waals surface area (Å²) in [5.41, 5.74) is 5.82. The van der Waals surface area contributed by atoms with Gasteiger partial charge in [0, 0.05) is 23.2 Å². The van der Waals surface area contributed by atoms with E-state index in [-0.39, 0.29) is 17.6 Å². The Hall–Kier alpha value is -6.45. The fraction of sp³-hybridized carbons (Fsp3) is 0.133. The number of hydrogen-bond donors (Lipinski definition) is 0. The number of aryl methyl sites for hydroxylation is 1. The van der Waals surface area contributed by atoms with E-state index in [1.165, 1.54) is 0 Å². The molecule has 0 saturated heterocycles. The van der Waals surface area contributed by atoms with E-state index in [1.54, 1.807) is 24.5 Å². The number of esters is 1. The van der Waals surface area contributed by atoms with E-state index in [1.807, 2.05) is 82.0 Å². The third kappa shape index (κ3) is 6.12. The van der Waals surface area contributed by atoms with Crippen LogP contribution in [0.1, 0.15) is 51.3 Å². The molecule has 8 rings (SSSR count). The van der Waals surface area contributed by atoms with E-state index < -0.39 is 11.5 Å². The smallest absolute Gasteiger partial charge is 0.343 e. The Morgan fingerprint density at radius 1 is 0.741 bits per heavy atom. The molecule has 0 aliphatic heterocycles. The number of fused-ring (bicyclic) bond motifs is 1. The van der Waals surface area contributed by atoms with Crippen molar-refractivity contribution < 1.29 is 9.53 Å². The van der Waals surface area contributed by atoms with Crippen LogP contribution >= 0.6 is 11.3 Å². The molecule has 5 aromatic carbocycles. The summed E-state index contributed by atoms with van der Waals surface area (Å²) in [6, 6.07) is 49.6. The minimum absolute atomic E-state index is 0.0469. The average molecular weight is 728 g/mol. The summed E-state index contributed by atoms with van der Waals surface area (Å²) in [6.07, 6.45) is 2.44. The number of ether oxygens (including phenoxy) is 1. The number of tetrazole rings is 1. The van der Waals surface area contributed by atoms with Gasteiger partial charge in [-0.05, 0) is 63.2 Å². The Morgan fingerprint density at radius 3 is 1.89 bits per heavy atom. The van der Waals surface area contributed by atoms with Crippen LogP contribution in [0.3, 0.4) is 0 Å². The monoisotopic (exact) mass is 727 g/mol. The predicted octanol–water partition coefficient (Wildman–Crippen LogP) is 9.01. The lowest BCUT2D eigenvalue weighted by Gasteiger charge is -2.36. The van der Waals surface area contributed by atoms with Crippen LogP contribution in [-0.2, 0) is 23.2 Å². The van der Waals surface area contributed by atoms with Crippen molar-refractivity contribution >= 4 is 27.5 Å². The lowest BCUT2D eigenvalue weighted by molar-refractivity contribution is 0.0524. The van der Waals surface area contributed by atoms with Gasteiger partial charge < -0.3 is 9.30 Å². The Kier molecular flexibility index (Phi) is 9.54. The van der Waals surface area contributed by atoms with Gasteiger partial charge in [-0.2, -0.15) is 0 Å². The normalized spacial score (nSPS) is 11.5. The van der Waals surface area contributed by atoms with Crippen molar-refractivity contribution in [3.63, 3.8) is 0 Å². The van der Waals surface area contributed by atoms with Gasteiger partial charge in [-0.3, -0.25) is 4.79 Å². The van der Waals surface area contributed by atoms with Gasteiger partial charge in [-0.25, -0.2) is 9.48 Å². The van der Waals surface area contributed by atoms with Crippen LogP contribution in [0.5, 0.6) is 0 Å². The van der Waals surface area contributed by atoms with E-state index in [2.05, 4.69) is 84.9 Å². The third-order valence-corrected chi connectivity index (χ3v) is 11.1.